The summed E-state index contributed by atoms with van der Waals surface area (Å²) in [5.41, 5.74) is 0.356. The van der Waals surface area contributed by atoms with E-state index < -0.39 is 11.8 Å². The van der Waals surface area contributed by atoms with Crippen molar-refractivity contribution < 1.29 is 14.4 Å². The van der Waals surface area contributed by atoms with E-state index in [9.17, 15) is 14.4 Å². The van der Waals surface area contributed by atoms with Gasteiger partial charge in [-0.15, -0.1) is 0 Å². The molecule has 1 fully saturated rings. The number of anilines is 1. The minimum Gasteiger partial charge on any atom is -0.370 e. The quantitative estimate of drug-likeness (QED) is 0.755. The van der Waals surface area contributed by atoms with Crippen molar-refractivity contribution in [1.82, 2.24) is 15.2 Å². The van der Waals surface area contributed by atoms with E-state index in [0.29, 0.717) is 11.4 Å². The molecule has 20 heavy (non-hydrogen) atoms. The molecule has 0 atom stereocenters. The fraction of sp³-hybridized carbons (Fsp3) is 0.385. The Morgan fingerprint density at radius 1 is 1.35 bits per heavy atom. The molecule has 2 heterocycles. The summed E-state index contributed by atoms with van der Waals surface area (Å²) in [5.74, 6) is -0.619. The van der Waals surface area contributed by atoms with E-state index in [4.69, 9.17) is 0 Å². The molecule has 0 spiro atoms. The van der Waals surface area contributed by atoms with E-state index in [0.717, 1.165) is 13.0 Å². The Bertz CT molecular complexity index is 511. The zero-order valence-corrected chi connectivity index (χ0v) is 11.2. The Morgan fingerprint density at radius 3 is 2.60 bits per heavy atom. The van der Waals surface area contributed by atoms with Crippen LogP contribution in [0.4, 0.5) is 5.82 Å². The fourth-order valence-electron chi connectivity index (χ4n) is 1.84. The monoisotopic (exact) mass is 276 g/mol. The number of imide groups is 1. The Hall–Kier alpha value is -2.44. The van der Waals surface area contributed by atoms with Crippen LogP contribution in [-0.4, -0.2) is 47.2 Å². The van der Waals surface area contributed by atoms with Gasteiger partial charge in [-0.1, -0.05) is 6.92 Å². The number of hydrogen-bond acceptors (Lipinski definition) is 5. The predicted molar refractivity (Wildman–Crippen MR) is 72.1 cm³/mol. The van der Waals surface area contributed by atoms with Gasteiger partial charge in [0.25, 0.3) is 5.91 Å². The van der Waals surface area contributed by atoms with Crippen LogP contribution in [0.15, 0.2) is 18.3 Å². The van der Waals surface area contributed by atoms with Gasteiger partial charge >= 0.3 is 0 Å². The number of piperazine rings is 1. The van der Waals surface area contributed by atoms with Crippen molar-refractivity contribution in [2.24, 2.45) is 0 Å². The lowest BCUT2D eigenvalue weighted by molar-refractivity contribution is -0.135. The minimum absolute atomic E-state index is 0.111. The first-order valence-corrected chi connectivity index (χ1v) is 6.42. The average Bonchev–Trinajstić information content (AvgIpc) is 2.44. The van der Waals surface area contributed by atoms with E-state index in [-0.39, 0.29) is 19.0 Å². The molecule has 7 heteroatoms. The summed E-state index contributed by atoms with van der Waals surface area (Å²) in [6, 6.07) is 3.33. The standard InChI is InChI=1S/C13H16N4O3/c1-2-5-14-10-4-3-9(6-15-10)13(20)17-7-11(18)16-12(19)8-17/h3-4,6H,2,5,7-8H2,1H3,(H,14,15)(H,16,18,19). The number of carbonyl (C=O) groups is 3. The smallest absolute Gasteiger partial charge is 0.256 e. The summed E-state index contributed by atoms with van der Waals surface area (Å²) < 4.78 is 0. The van der Waals surface area contributed by atoms with Gasteiger partial charge in [0, 0.05) is 12.7 Å². The van der Waals surface area contributed by atoms with Crippen molar-refractivity contribution >= 4 is 23.5 Å². The lowest BCUT2D eigenvalue weighted by Crippen LogP contribution is -2.53. The summed E-state index contributed by atoms with van der Waals surface area (Å²) in [6.45, 7) is 2.63. The zero-order chi connectivity index (χ0) is 14.5. The molecule has 1 aliphatic heterocycles. The molecule has 2 rings (SSSR count). The van der Waals surface area contributed by atoms with E-state index in [1.165, 1.54) is 11.1 Å². The molecular formula is C13H16N4O3. The van der Waals surface area contributed by atoms with Crippen LogP contribution in [0.5, 0.6) is 0 Å². The molecule has 1 aromatic rings. The van der Waals surface area contributed by atoms with Crippen LogP contribution >= 0.6 is 0 Å². The lowest BCUT2D eigenvalue weighted by atomic mass is 10.2. The molecule has 2 N–H and O–H groups in total. The maximum absolute atomic E-state index is 12.1. The molecule has 106 valence electrons. The summed E-state index contributed by atoms with van der Waals surface area (Å²) in [6.07, 6.45) is 2.42. The first kappa shape index (κ1) is 14.0. The number of aromatic nitrogens is 1. The van der Waals surface area contributed by atoms with Crippen LogP contribution in [0.3, 0.4) is 0 Å². The number of nitrogens with zero attached hydrogens (tertiary/aromatic N) is 2. The molecule has 0 radical (unpaired) electrons. The van der Waals surface area contributed by atoms with E-state index in [2.05, 4.69) is 15.6 Å². The van der Waals surface area contributed by atoms with E-state index >= 15 is 0 Å². The number of nitrogens with one attached hydrogen (secondary N) is 2. The number of rotatable bonds is 4. The number of pyridine rings is 1. The summed E-state index contributed by atoms with van der Waals surface area (Å²) in [5, 5.41) is 5.25. The number of amides is 3. The minimum atomic E-state index is -0.469. The normalized spacial score (nSPS) is 14.9. The molecule has 0 unspecified atom stereocenters. The fourth-order valence-corrected chi connectivity index (χ4v) is 1.84. The van der Waals surface area contributed by atoms with Crippen LogP contribution in [0, 0.1) is 0 Å². The lowest BCUT2D eigenvalue weighted by Gasteiger charge is -2.25. The summed E-state index contributed by atoms with van der Waals surface area (Å²) in [7, 11) is 0. The van der Waals surface area contributed by atoms with Crippen molar-refractivity contribution in [2.75, 3.05) is 25.0 Å². The van der Waals surface area contributed by atoms with Gasteiger partial charge in [0.2, 0.25) is 11.8 Å². The predicted octanol–water partition coefficient (Wildman–Crippen LogP) is 0.00210. The van der Waals surface area contributed by atoms with Gasteiger partial charge in [0.1, 0.15) is 18.9 Å². The summed E-state index contributed by atoms with van der Waals surface area (Å²) in [4.78, 5) is 40.0. The van der Waals surface area contributed by atoms with Crippen molar-refractivity contribution in [1.29, 1.82) is 0 Å². The zero-order valence-electron chi connectivity index (χ0n) is 11.2. The molecule has 7 nitrogen and oxygen atoms in total. The van der Waals surface area contributed by atoms with Gasteiger partial charge < -0.3 is 10.2 Å². The van der Waals surface area contributed by atoms with Gasteiger partial charge in [-0.3, -0.25) is 19.7 Å². The third kappa shape index (κ3) is 3.31. The highest BCUT2D eigenvalue weighted by Gasteiger charge is 2.27. The first-order chi connectivity index (χ1) is 9.60. The highest BCUT2D eigenvalue weighted by atomic mass is 16.2. The molecule has 0 saturated carbocycles. The van der Waals surface area contributed by atoms with Gasteiger partial charge in [0.05, 0.1) is 5.56 Å². The number of carbonyl (C=O) groups excluding carboxylic acids is 3. The number of hydrogen-bond donors (Lipinski definition) is 2. The van der Waals surface area contributed by atoms with Gasteiger partial charge in [0.15, 0.2) is 0 Å². The highest BCUT2D eigenvalue weighted by Crippen LogP contribution is 2.09. The van der Waals surface area contributed by atoms with Gasteiger partial charge in [-0.2, -0.15) is 0 Å². The highest BCUT2D eigenvalue weighted by molar-refractivity contribution is 6.05. The molecule has 0 bridgehead atoms. The van der Waals surface area contributed by atoms with Crippen LogP contribution < -0.4 is 10.6 Å². The Morgan fingerprint density at radius 2 is 2.05 bits per heavy atom. The largest absolute Gasteiger partial charge is 0.370 e. The van der Waals surface area contributed by atoms with E-state index in [1.54, 1.807) is 12.1 Å². The second-order valence-corrected chi connectivity index (χ2v) is 4.49. The topological polar surface area (TPSA) is 91.4 Å². The SMILES string of the molecule is CCCNc1ccc(C(=O)N2CC(=O)NC(=O)C2)cn1. The third-order valence-corrected chi connectivity index (χ3v) is 2.80. The molecule has 3 amide bonds. The van der Waals surface area contributed by atoms with Crippen molar-refractivity contribution in [3.8, 4) is 0 Å². The summed E-state index contributed by atoms with van der Waals surface area (Å²) >= 11 is 0. The van der Waals surface area contributed by atoms with Crippen LogP contribution in [0.25, 0.3) is 0 Å². The maximum Gasteiger partial charge on any atom is 0.256 e. The van der Waals surface area contributed by atoms with Crippen LogP contribution in [-0.2, 0) is 9.59 Å². The average molecular weight is 276 g/mol. The molecule has 0 aliphatic carbocycles. The third-order valence-electron chi connectivity index (χ3n) is 2.80. The first-order valence-electron chi connectivity index (χ1n) is 6.42. The van der Waals surface area contributed by atoms with Crippen LogP contribution in [0.1, 0.15) is 23.7 Å². The molecule has 0 aromatic carbocycles. The van der Waals surface area contributed by atoms with Crippen molar-refractivity contribution in [3.63, 3.8) is 0 Å². The van der Waals surface area contributed by atoms with Crippen LogP contribution in [0.2, 0.25) is 0 Å². The van der Waals surface area contributed by atoms with Crippen molar-refractivity contribution in [3.05, 3.63) is 23.9 Å². The molecule has 1 saturated heterocycles. The van der Waals surface area contributed by atoms with Gasteiger partial charge in [-0.05, 0) is 18.6 Å². The molecule has 1 aliphatic rings. The Labute approximate surface area is 116 Å². The second-order valence-electron chi connectivity index (χ2n) is 4.49. The maximum atomic E-state index is 12.1. The van der Waals surface area contributed by atoms with Gasteiger partial charge in [-0.25, -0.2) is 4.98 Å². The van der Waals surface area contributed by atoms with E-state index in [1.807, 2.05) is 6.92 Å². The second kappa shape index (κ2) is 6.14. The Kier molecular flexibility index (Phi) is 4.29. The molecule has 1 aromatic heterocycles. The Balaban J connectivity index is 2.05. The molecular weight excluding hydrogens is 260 g/mol. The van der Waals surface area contributed by atoms with Crippen molar-refractivity contribution in [2.45, 2.75) is 13.3 Å².